The van der Waals surface area contributed by atoms with Gasteiger partial charge in [-0.2, -0.15) is 4.31 Å². The fourth-order valence-corrected chi connectivity index (χ4v) is 3.38. The lowest BCUT2D eigenvalue weighted by Crippen LogP contribution is -2.34. The van der Waals surface area contributed by atoms with Crippen molar-refractivity contribution in [3.8, 4) is 0 Å². The first-order chi connectivity index (χ1) is 9.86. The fourth-order valence-electron chi connectivity index (χ4n) is 1.91. The number of likely N-dealkylation sites (N-methyl/N-ethyl adjacent to an activating group) is 1. The first kappa shape index (κ1) is 17.4. The van der Waals surface area contributed by atoms with Crippen molar-refractivity contribution >= 4 is 15.9 Å². The van der Waals surface area contributed by atoms with Crippen LogP contribution in [0.4, 0.5) is 0 Å². The summed E-state index contributed by atoms with van der Waals surface area (Å²) in [5.74, 6) is -0.336. The van der Waals surface area contributed by atoms with E-state index in [0.717, 1.165) is 10.6 Å². The molecule has 1 heterocycles. The first-order valence-corrected chi connectivity index (χ1v) is 8.28. The third-order valence-corrected chi connectivity index (χ3v) is 5.02. The topological polar surface area (TPSA) is 88.5 Å². The highest BCUT2D eigenvalue weighted by Gasteiger charge is 2.22. The lowest BCUT2D eigenvalue weighted by Gasteiger charge is -2.18. The standard InChI is InChI=1S/C13H21N3O4S/c1-4-14-12(17)10-15-9-11(7-8-13(15)18)21(19,20)16(5-2)6-3/h7-9H,4-6,10H2,1-3H3,(H,14,17). The summed E-state index contributed by atoms with van der Waals surface area (Å²) in [6.07, 6.45) is 1.21. The minimum Gasteiger partial charge on any atom is -0.355 e. The second kappa shape index (κ2) is 7.37. The summed E-state index contributed by atoms with van der Waals surface area (Å²) in [5, 5.41) is 2.57. The fraction of sp³-hybridized carbons (Fsp3) is 0.538. The molecule has 7 nitrogen and oxygen atoms in total. The molecular formula is C13H21N3O4S. The summed E-state index contributed by atoms with van der Waals surface area (Å²) in [6, 6.07) is 2.43. The molecule has 0 aliphatic rings. The van der Waals surface area contributed by atoms with E-state index in [4.69, 9.17) is 0 Å². The van der Waals surface area contributed by atoms with Gasteiger partial charge in [0.2, 0.25) is 15.9 Å². The van der Waals surface area contributed by atoms with Crippen molar-refractivity contribution in [3.63, 3.8) is 0 Å². The Morgan fingerprint density at radius 3 is 2.38 bits per heavy atom. The summed E-state index contributed by atoms with van der Waals surface area (Å²) >= 11 is 0. The maximum Gasteiger partial charge on any atom is 0.251 e. The number of carbonyl (C=O) groups is 1. The van der Waals surface area contributed by atoms with E-state index < -0.39 is 15.6 Å². The van der Waals surface area contributed by atoms with Crippen LogP contribution < -0.4 is 10.9 Å². The number of aromatic nitrogens is 1. The van der Waals surface area contributed by atoms with Gasteiger partial charge in [0.15, 0.2) is 0 Å². The van der Waals surface area contributed by atoms with E-state index in [1.54, 1.807) is 20.8 Å². The van der Waals surface area contributed by atoms with Crippen LogP contribution in [-0.4, -0.2) is 42.8 Å². The number of sulfonamides is 1. The van der Waals surface area contributed by atoms with Crippen LogP contribution in [0, 0.1) is 0 Å². The maximum atomic E-state index is 12.4. The van der Waals surface area contributed by atoms with Crippen LogP contribution in [0.3, 0.4) is 0 Å². The molecule has 1 rings (SSSR count). The Bertz CT molecular complexity index is 648. The summed E-state index contributed by atoms with van der Waals surface area (Å²) in [7, 11) is -3.65. The molecule has 1 aromatic rings. The summed E-state index contributed by atoms with van der Waals surface area (Å²) in [5.41, 5.74) is -0.417. The van der Waals surface area contributed by atoms with Gasteiger partial charge in [-0.05, 0) is 13.0 Å². The largest absolute Gasteiger partial charge is 0.355 e. The molecule has 118 valence electrons. The Kier molecular flexibility index (Phi) is 6.10. The molecule has 0 spiro atoms. The van der Waals surface area contributed by atoms with Crippen LogP contribution >= 0.6 is 0 Å². The van der Waals surface area contributed by atoms with Crippen molar-refractivity contribution in [1.82, 2.24) is 14.2 Å². The Hall–Kier alpha value is -1.67. The summed E-state index contributed by atoms with van der Waals surface area (Å²) in [6.45, 7) is 6.18. The minimum absolute atomic E-state index is 0.00935. The number of hydrogen-bond acceptors (Lipinski definition) is 4. The van der Waals surface area contributed by atoms with Gasteiger partial charge in [-0.15, -0.1) is 0 Å². The number of rotatable bonds is 7. The van der Waals surface area contributed by atoms with Gasteiger partial charge in [0.25, 0.3) is 5.56 Å². The Balaban J connectivity index is 3.18. The molecule has 0 fully saturated rings. The van der Waals surface area contributed by atoms with Crippen LogP contribution in [0.2, 0.25) is 0 Å². The van der Waals surface area contributed by atoms with E-state index in [1.807, 2.05) is 0 Å². The molecule has 0 saturated carbocycles. The van der Waals surface area contributed by atoms with Gasteiger partial charge in [-0.1, -0.05) is 13.8 Å². The molecule has 21 heavy (non-hydrogen) atoms. The monoisotopic (exact) mass is 315 g/mol. The number of pyridine rings is 1. The number of carbonyl (C=O) groups excluding carboxylic acids is 1. The zero-order valence-corrected chi connectivity index (χ0v) is 13.3. The normalized spacial score (nSPS) is 11.6. The van der Waals surface area contributed by atoms with Crippen molar-refractivity contribution in [3.05, 3.63) is 28.7 Å². The van der Waals surface area contributed by atoms with Crippen LogP contribution in [0.25, 0.3) is 0 Å². The van der Waals surface area contributed by atoms with Crippen LogP contribution in [0.1, 0.15) is 20.8 Å². The van der Waals surface area contributed by atoms with E-state index in [0.29, 0.717) is 19.6 Å². The summed E-state index contributed by atoms with van der Waals surface area (Å²) < 4.78 is 27.2. The van der Waals surface area contributed by atoms with Gasteiger partial charge in [0, 0.05) is 31.9 Å². The minimum atomic E-state index is -3.65. The molecule has 0 aliphatic heterocycles. The van der Waals surface area contributed by atoms with Gasteiger partial charge in [0.05, 0.1) is 4.90 Å². The number of nitrogens with one attached hydrogen (secondary N) is 1. The highest BCUT2D eigenvalue weighted by molar-refractivity contribution is 7.89. The molecule has 0 aliphatic carbocycles. The van der Waals surface area contributed by atoms with Crippen molar-refractivity contribution in [2.75, 3.05) is 19.6 Å². The van der Waals surface area contributed by atoms with Crippen LogP contribution in [-0.2, 0) is 21.4 Å². The molecule has 0 bridgehead atoms. The third-order valence-electron chi connectivity index (χ3n) is 2.99. The third kappa shape index (κ3) is 4.15. The molecule has 8 heteroatoms. The van der Waals surface area contributed by atoms with E-state index in [2.05, 4.69) is 5.32 Å². The summed E-state index contributed by atoms with van der Waals surface area (Å²) in [4.78, 5) is 23.3. The maximum absolute atomic E-state index is 12.4. The van der Waals surface area contributed by atoms with E-state index in [9.17, 15) is 18.0 Å². The average Bonchev–Trinajstić information content (AvgIpc) is 2.42. The van der Waals surface area contributed by atoms with Crippen LogP contribution in [0.15, 0.2) is 28.0 Å². The molecule has 1 amide bonds. The van der Waals surface area contributed by atoms with Gasteiger partial charge in [0.1, 0.15) is 6.54 Å². The lowest BCUT2D eigenvalue weighted by atomic mass is 10.4. The number of hydrogen-bond donors (Lipinski definition) is 1. The highest BCUT2D eigenvalue weighted by Crippen LogP contribution is 2.13. The molecule has 0 saturated heterocycles. The number of amides is 1. The van der Waals surface area contributed by atoms with Gasteiger partial charge in [-0.3, -0.25) is 9.59 Å². The highest BCUT2D eigenvalue weighted by atomic mass is 32.2. The Labute approximate surface area is 124 Å². The smallest absolute Gasteiger partial charge is 0.251 e. The Morgan fingerprint density at radius 1 is 1.24 bits per heavy atom. The zero-order valence-electron chi connectivity index (χ0n) is 12.5. The second-order valence-corrected chi connectivity index (χ2v) is 6.31. The molecule has 0 aromatic carbocycles. The van der Waals surface area contributed by atoms with E-state index >= 15 is 0 Å². The van der Waals surface area contributed by atoms with E-state index in [1.165, 1.54) is 16.6 Å². The predicted molar refractivity (Wildman–Crippen MR) is 79.5 cm³/mol. The second-order valence-electron chi connectivity index (χ2n) is 4.37. The molecule has 0 radical (unpaired) electrons. The molecule has 1 N–H and O–H groups in total. The average molecular weight is 315 g/mol. The van der Waals surface area contributed by atoms with Crippen molar-refractivity contribution < 1.29 is 13.2 Å². The van der Waals surface area contributed by atoms with Gasteiger partial charge in [-0.25, -0.2) is 8.42 Å². The molecule has 0 atom stereocenters. The molecule has 0 unspecified atom stereocenters. The Morgan fingerprint density at radius 2 is 1.86 bits per heavy atom. The van der Waals surface area contributed by atoms with Gasteiger partial charge >= 0.3 is 0 Å². The van der Waals surface area contributed by atoms with Crippen molar-refractivity contribution in [2.24, 2.45) is 0 Å². The van der Waals surface area contributed by atoms with Crippen LogP contribution in [0.5, 0.6) is 0 Å². The van der Waals surface area contributed by atoms with Crippen molar-refractivity contribution in [1.29, 1.82) is 0 Å². The predicted octanol–water partition coefficient (Wildman–Crippen LogP) is 0.0149. The molecule has 1 aromatic heterocycles. The quantitative estimate of drug-likeness (QED) is 0.768. The van der Waals surface area contributed by atoms with Gasteiger partial charge < -0.3 is 9.88 Å². The zero-order chi connectivity index (χ0) is 16.0. The van der Waals surface area contributed by atoms with E-state index in [-0.39, 0.29) is 17.3 Å². The van der Waals surface area contributed by atoms with Crippen molar-refractivity contribution in [2.45, 2.75) is 32.2 Å². The number of nitrogens with zero attached hydrogens (tertiary/aromatic N) is 2. The SMILES string of the molecule is CCNC(=O)Cn1cc(S(=O)(=O)N(CC)CC)ccc1=O. The lowest BCUT2D eigenvalue weighted by molar-refractivity contribution is -0.121. The first-order valence-electron chi connectivity index (χ1n) is 6.84. The molecular weight excluding hydrogens is 294 g/mol.